The Labute approximate surface area is 111 Å². The van der Waals surface area contributed by atoms with Crippen LogP contribution in [0.5, 0.6) is 0 Å². The number of rotatable bonds is 4. The molecule has 0 aliphatic carbocycles. The van der Waals surface area contributed by atoms with Crippen molar-refractivity contribution in [1.29, 1.82) is 0 Å². The molecule has 2 atom stereocenters. The highest BCUT2D eigenvalue weighted by Gasteiger charge is 2.19. The van der Waals surface area contributed by atoms with E-state index in [-0.39, 0.29) is 22.6 Å². The Morgan fingerprint density at radius 3 is 2.63 bits per heavy atom. The number of nitro groups is 1. The standard InChI is InChI=1S/C14H17N3O2/c1-9(10(2)15-3)11-4-5-14(17(18)19)13-8-16-7-6-12(11)13/h4-10,15H,1-3H3. The fourth-order valence-corrected chi connectivity index (χ4v) is 2.27. The van der Waals surface area contributed by atoms with E-state index in [2.05, 4.69) is 24.1 Å². The highest BCUT2D eigenvalue weighted by atomic mass is 16.6. The highest BCUT2D eigenvalue weighted by Crippen LogP contribution is 2.32. The van der Waals surface area contributed by atoms with Crippen molar-refractivity contribution in [2.75, 3.05) is 7.05 Å². The maximum absolute atomic E-state index is 11.1. The zero-order chi connectivity index (χ0) is 14.0. The van der Waals surface area contributed by atoms with Crippen molar-refractivity contribution in [3.8, 4) is 0 Å². The zero-order valence-electron chi connectivity index (χ0n) is 11.3. The summed E-state index contributed by atoms with van der Waals surface area (Å²) in [5.74, 6) is 0.260. The normalized spacial score (nSPS) is 14.3. The van der Waals surface area contributed by atoms with Gasteiger partial charge in [0.2, 0.25) is 0 Å². The highest BCUT2D eigenvalue weighted by molar-refractivity contribution is 5.92. The summed E-state index contributed by atoms with van der Waals surface area (Å²) < 4.78 is 0. The molecule has 0 spiro atoms. The van der Waals surface area contributed by atoms with Crippen molar-refractivity contribution >= 4 is 16.5 Å². The maximum Gasteiger partial charge on any atom is 0.278 e. The molecule has 2 aromatic rings. The van der Waals surface area contributed by atoms with E-state index in [1.54, 1.807) is 18.5 Å². The van der Waals surface area contributed by atoms with Gasteiger partial charge < -0.3 is 5.32 Å². The van der Waals surface area contributed by atoms with Gasteiger partial charge in [0.15, 0.2) is 0 Å². The van der Waals surface area contributed by atoms with Crippen molar-refractivity contribution < 1.29 is 4.92 Å². The number of fused-ring (bicyclic) bond motifs is 1. The number of hydrogen-bond donors (Lipinski definition) is 1. The number of benzene rings is 1. The molecular formula is C14H17N3O2. The Bertz CT molecular complexity index is 613. The monoisotopic (exact) mass is 259 g/mol. The first-order valence-electron chi connectivity index (χ1n) is 6.24. The van der Waals surface area contributed by atoms with Crippen LogP contribution in [0, 0.1) is 10.1 Å². The Balaban J connectivity index is 2.65. The zero-order valence-corrected chi connectivity index (χ0v) is 11.3. The van der Waals surface area contributed by atoms with Crippen molar-refractivity contribution in [3.05, 3.63) is 46.3 Å². The van der Waals surface area contributed by atoms with Gasteiger partial charge >= 0.3 is 0 Å². The Morgan fingerprint density at radius 1 is 1.26 bits per heavy atom. The molecule has 2 rings (SSSR count). The Kier molecular flexibility index (Phi) is 3.76. The number of nitrogens with one attached hydrogen (secondary N) is 1. The predicted molar refractivity (Wildman–Crippen MR) is 75.3 cm³/mol. The minimum absolute atomic E-state index is 0.108. The number of aromatic nitrogens is 1. The number of likely N-dealkylation sites (N-methyl/N-ethyl adjacent to an activating group) is 1. The molecule has 5 nitrogen and oxygen atoms in total. The van der Waals surface area contributed by atoms with Gasteiger partial charge in [-0.1, -0.05) is 13.0 Å². The van der Waals surface area contributed by atoms with Crippen LogP contribution < -0.4 is 5.32 Å². The third-order valence-corrected chi connectivity index (χ3v) is 3.72. The third-order valence-electron chi connectivity index (χ3n) is 3.72. The van der Waals surface area contributed by atoms with Gasteiger partial charge in [0.1, 0.15) is 0 Å². The summed E-state index contributed by atoms with van der Waals surface area (Å²) in [5, 5.41) is 15.8. The largest absolute Gasteiger partial charge is 0.317 e. The molecule has 0 fully saturated rings. The van der Waals surface area contributed by atoms with Gasteiger partial charge in [0.25, 0.3) is 5.69 Å². The predicted octanol–water partition coefficient (Wildman–Crippen LogP) is 2.85. The molecule has 0 saturated carbocycles. The van der Waals surface area contributed by atoms with E-state index in [9.17, 15) is 10.1 Å². The molecule has 100 valence electrons. The van der Waals surface area contributed by atoms with Crippen molar-refractivity contribution in [2.45, 2.75) is 25.8 Å². The molecule has 2 unspecified atom stereocenters. The SMILES string of the molecule is CNC(C)C(C)c1ccc([N+](=O)[O-])c2cnccc12. The molecule has 1 aromatic heterocycles. The van der Waals surface area contributed by atoms with Crippen LogP contribution in [0.4, 0.5) is 5.69 Å². The molecule has 1 heterocycles. The Hall–Kier alpha value is -2.01. The quantitative estimate of drug-likeness (QED) is 0.677. The summed E-state index contributed by atoms with van der Waals surface area (Å²) in [5.41, 5.74) is 1.21. The molecule has 0 saturated heterocycles. The first-order valence-corrected chi connectivity index (χ1v) is 6.24. The van der Waals surface area contributed by atoms with E-state index in [4.69, 9.17) is 0 Å². The first-order chi connectivity index (χ1) is 9.06. The summed E-state index contributed by atoms with van der Waals surface area (Å²) in [6.07, 6.45) is 3.24. The smallest absolute Gasteiger partial charge is 0.278 e. The van der Waals surface area contributed by atoms with Gasteiger partial charge in [-0.05, 0) is 36.9 Å². The molecule has 1 aromatic carbocycles. The first kappa shape index (κ1) is 13.4. The van der Waals surface area contributed by atoms with Gasteiger partial charge in [-0.3, -0.25) is 15.1 Å². The third kappa shape index (κ3) is 2.42. The van der Waals surface area contributed by atoms with E-state index >= 15 is 0 Å². The van der Waals surface area contributed by atoms with Gasteiger partial charge in [-0.15, -0.1) is 0 Å². The van der Waals surface area contributed by atoms with Crippen LogP contribution in [-0.2, 0) is 0 Å². The molecule has 1 N–H and O–H groups in total. The summed E-state index contributed by atoms with van der Waals surface area (Å²) in [6.45, 7) is 4.21. The second-order valence-electron chi connectivity index (χ2n) is 4.72. The number of pyridine rings is 1. The van der Waals surface area contributed by atoms with Crippen LogP contribution in [0.3, 0.4) is 0 Å². The van der Waals surface area contributed by atoms with Crippen molar-refractivity contribution in [3.63, 3.8) is 0 Å². The number of hydrogen-bond acceptors (Lipinski definition) is 4. The summed E-state index contributed by atoms with van der Waals surface area (Å²) >= 11 is 0. The van der Waals surface area contributed by atoms with Crippen LogP contribution in [0.1, 0.15) is 25.3 Å². The molecule has 19 heavy (non-hydrogen) atoms. The van der Waals surface area contributed by atoms with Crippen LogP contribution >= 0.6 is 0 Å². The van der Waals surface area contributed by atoms with E-state index in [0.29, 0.717) is 5.39 Å². The fourth-order valence-electron chi connectivity index (χ4n) is 2.27. The second kappa shape index (κ2) is 5.32. The maximum atomic E-state index is 11.1. The minimum atomic E-state index is -0.361. The minimum Gasteiger partial charge on any atom is -0.317 e. The van der Waals surface area contributed by atoms with Crippen LogP contribution in [0.2, 0.25) is 0 Å². The topological polar surface area (TPSA) is 68.1 Å². The number of nitro benzene ring substituents is 1. The van der Waals surface area contributed by atoms with E-state index in [1.807, 2.05) is 19.2 Å². The molecule has 0 amide bonds. The average molecular weight is 259 g/mol. The lowest BCUT2D eigenvalue weighted by Crippen LogP contribution is -2.27. The van der Waals surface area contributed by atoms with Crippen LogP contribution in [-0.4, -0.2) is 23.0 Å². The summed E-state index contributed by atoms with van der Waals surface area (Å²) in [7, 11) is 1.91. The molecule has 0 aliphatic heterocycles. The molecular weight excluding hydrogens is 242 g/mol. The van der Waals surface area contributed by atoms with Crippen LogP contribution in [0.25, 0.3) is 10.8 Å². The van der Waals surface area contributed by atoms with E-state index in [1.165, 1.54) is 0 Å². The van der Waals surface area contributed by atoms with Gasteiger partial charge in [-0.25, -0.2) is 0 Å². The van der Waals surface area contributed by atoms with E-state index < -0.39 is 0 Å². The molecule has 5 heteroatoms. The molecule has 0 radical (unpaired) electrons. The van der Waals surface area contributed by atoms with Crippen molar-refractivity contribution in [1.82, 2.24) is 10.3 Å². The van der Waals surface area contributed by atoms with Crippen LogP contribution in [0.15, 0.2) is 30.6 Å². The van der Waals surface area contributed by atoms with Crippen molar-refractivity contribution in [2.24, 2.45) is 0 Å². The lowest BCUT2D eigenvalue weighted by molar-refractivity contribution is -0.383. The van der Waals surface area contributed by atoms with Gasteiger partial charge in [0, 0.05) is 24.5 Å². The number of non-ortho nitro benzene ring substituents is 1. The molecule has 0 bridgehead atoms. The summed E-state index contributed by atoms with van der Waals surface area (Å²) in [6, 6.07) is 5.55. The summed E-state index contributed by atoms with van der Waals surface area (Å²) in [4.78, 5) is 14.7. The lowest BCUT2D eigenvalue weighted by atomic mass is 9.90. The fraction of sp³-hybridized carbons (Fsp3) is 0.357. The van der Waals surface area contributed by atoms with E-state index in [0.717, 1.165) is 10.9 Å². The average Bonchev–Trinajstić information content (AvgIpc) is 2.44. The number of nitrogens with zero attached hydrogens (tertiary/aromatic N) is 2. The Morgan fingerprint density at radius 2 is 2.00 bits per heavy atom. The van der Waals surface area contributed by atoms with Gasteiger partial charge in [-0.2, -0.15) is 0 Å². The lowest BCUT2D eigenvalue weighted by Gasteiger charge is -2.21. The second-order valence-corrected chi connectivity index (χ2v) is 4.72. The van der Waals surface area contributed by atoms with Gasteiger partial charge in [0.05, 0.1) is 10.3 Å². The molecule has 0 aliphatic rings.